The minimum absolute atomic E-state index is 0.421. The lowest BCUT2D eigenvalue weighted by Crippen LogP contribution is -2.28. The molecule has 0 aromatic carbocycles. The molecule has 0 bridgehead atoms. The number of rotatable bonds is 2. The van der Waals surface area contributed by atoms with Gasteiger partial charge in [0.25, 0.3) is 0 Å². The maximum Gasteiger partial charge on any atom is 0.0639 e. The molecule has 0 unspecified atom stereocenters. The summed E-state index contributed by atoms with van der Waals surface area (Å²) in [4.78, 5) is 0. The molecule has 0 radical (unpaired) electrons. The third kappa shape index (κ3) is 1.50. The van der Waals surface area contributed by atoms with E-state index in [9.17, 15) is 0 Å². The highest BCUT2D eigenvalue weighted by atomic mass is 16.5. The summed E-state index contributed by atoms with van der Waals surface area (Å²) in [5, 5.41) is 0. The lowest BCUT2D eigenvalue weighted by Gasteiger charge is -2.19. The second kappa shape index (κ2) is 3.35. The summed E-state index contributed by atoms with van der Waals surface area (Å²) in [6, 6.07) is 0. The van der Waals surface area contributed by atoms with Crippen LogP contribution in [0.2, 0.25) is 0 Å². The average molecular weight is 143 g/mol. The quantitative estimate of drug-likeness (QED) is 0.626. The van der Waals surface area contributed by atoms with E-state index in [-0.39, 0.29) is 0 Å². The van der Waals surface area contributed by atoms with Gasteiger partial charge in [-0.15, -0.1) is 0 Å². The van der Waals surface area contributed by atoms with Crippen LogP contribution in [-0.4, -0.2) is 19.3 Å². The Kier molecular flexibility index (Phi) is 2.69. The second-order valence-electron chi connectivity index (χ2n) is 3.36. The fourth-order valence-electron chi connectivity index (χ4n) is 1.64. The molecular weight excluding hydrogens is 126 g/mol. The molecular formula is C8H17NO. The Bertz CT molecular complexity index is 103. The minimum Gasteiger partial charge on any atom is -0.378 e. The topological polar surface area (TPSA) is 35.2 Å². The molecule has 1 aliphatic heterocycles. The molecule has 0 aliphatic carbocycles. The van der Waals surface area contributed by atoms with E-state index in [0.29, 0.717) is 17.9 Å². The van der Waals surface area contributed by atoms with Crippen LogP contribution in [0, 0.1) is 11.8 Å². The largest absolute Gasteiger partial charge is 0.378 e. The molecule has 1 fully saturated rings. The smallest absolute Gasteiger partial charge is 0.0639 e. The van der Waals surface area contributed by atoms with E-state index < -0.39 is 0 Å². The van der Waals surface area contributed by atoms with Gasteiger partial charge in [-0.25, -0.2) is 0 Å². The number of hydrogen-bond acceptors (Lipinski definition) is 2. The number of nitrogens with two attached hydrogens (primary N) is 1. The number of hydrogen-bond donors (Lipinski definition) is 1. The molecule has 1 saturated heterocycles. The summed E-state index contributed by atoms with van der Waals surface area (Å²) in [5.74, 6) is 1.23. The molecule has 0 aromatic heterocycles. The summed E-state index contributed by atoms with van der Waals surface area (Å²) < 4.78 is 5.54. The maximum atomic E-state index is 5.58. The van der Waals surface area contributed by atoms with Crippen LogP contribution in [0.4, 0.5) is 0 Å². The average Bonchev–Trinajstić information content (AvgIpc) is 2.33. The Morgan fingerprint density at radius 1 is 1.60 bits per heavy atom. The SMILES string of the molecule is CC(C)[C@H]1OCC[C@@H]1CN. The summed E-state index contributed by atoms with van der Waals surface area (Å²) in [6.45, 7) is 6.07. The van der Waals surface area contributed by atoms with Gasteiger partial charge in [0.15, 0.2) is 0 Å². The van der Waals surface area contributed by atoms with Gasteiger partial charge in [0.1, 0.15) is 0 Å². The Morgan fingerprint density at radius 2 is 2.30 bits per heavy atom. The van der Waals surface area contributed by atoms with Gasteiger partial charge in [0, 0.05) is 6.61 Å². The Labute approximate surface area is 62.7 Å². The predicted octanol–water partition coefficient (Wildman–Crippen LogP) is 1.01. The van der Waals surface area contributed by atoms with Gasteiger partial charge in [0.2, 0.25) is 0 Å². The lowest BCUT2D eigenvalue weighted by atomic mass is 9.93. The Balaban J connectivity index is 2.42. The summed E-state index contributed by atoms with van der Waals surface area (Å²) in [6.07, 6.45) is 1.57. The molecule has 0 spiro atoms. The third-order valence-corrected chi connectivity index (χ3v) is 2.22. The number of ether oxygens (including phenoxy) is 1. The molecule has 2 heteroatoms. The normalized spacial score (nSPS) is 33.6. The van der Waals surface area contributed by atoms with E-state index >= 15 is 0 Å². The summed E-state index contributed by atoms with van der Waals surface area (Å²) >= 11 is 0. The van der Waals surface area contributed by atoms with Crippen molar-refractivity contribution in [3.63, 3.8) is 0 Å². The van der Waals surface area contributed by atoms with Crippen LogP contribution in [0.1, 0.15) is 20.3 Å². The van der Waals surface area contributed by atoms with Gasteiger partial charge >= 0.3 is 0 Å². The van der Waals surface area contributed by atoms with Crippen LogP contribution in [0.5, 0.6) is 0 Å². The van der Waals surface area contributed by atoms with Crippen molar-refractivity contribution in [2.45, 2.75) is 26.4 Å². The molecule has 1 aliphatic rings. The van der Waals surface area contributed by atoms with E-state index in [1.165, 1.54) is 0 Å². The summed E-state index contributed by atoms with van der Waals surface area (Å²) in [5.41, 5.74) is 5.58. The van der Waals surface area contributed by atoms with Crippen molar-refractivity contribution in [1.82, 2.24) is 0 Å². The van der Waals surface area contributed by atoms with Crippen molar-refractivity contribution in [2.24, 2.45) is 17.6 Å². The van der Waals surface area contributed by atoms with Crippen molar-refractivity contribution in [3.8, 4) is 0 Å². The van der Waals surface area contributed by atoms with Gasteiger partial charge < -0.3 is 10.5 Å². The molecule has 0 aromatic rings. The van der Waals surface area contributed by atoms with Gasteiger partial charge in [-0.05, 0) is 24.8 Å². The van der Waals surface area contributed by atoms with E-state index in [0.717, 1.165) is 19.6 Å². The van der Waals surface area contributed by atoms with Gasteiger partial charge in [-0.3, -0.25) is 0 Å². The molecule has 2 atom stereocenters. The molecule has 2 N–H and O–H groups in total. The van der Waals surface area contributed by atoms with Gasteiger partial charge in [-0.2, -0.15) is 0 Å². The van der Waals surface area contributed by atoms with Crippen molar-refractivity contribution in [1.29, 1.82) is 0 Å². The first-order chi connectivity index (χ1) is 4.75. The van der Waals surface area contributed by atoms with E-state index in [2.05, 4.69) is 13.8 Å². The second-order valence-corrected chi connectivity index (χ2v) is 3.36. The maximum absolute atomic E-state index is 5.58. The van der Waals surface area contributed by atoms with Crippen LogP contribution < -0.4 is 5.73 Å². The van der Waals surface area contributed by atoms with Crippen LogP contribution in [0.25, 0.3) is 0 Å². The van der Waals surface area contributed by atoms with E-state index in [1.54, 1.807) is 0 Å². The fraction of sp³-hybridized carbons (Fsp3) is 1.00. The molecule has 0 amide bonds. The molecule has 2 nitrogen and oxygen atoms in total. The van der Waals surface area contributed by atoms with Crippen molar-refractivity contribution in [2.75, 3.05) is 13.2 Å². The highest BCUT2D eigenvalue weighted by molar-refractivity contribution is 4.78. The van der Waals surface area contributed by atoms with Crippen molar-refractivity contribution in [3.05, 3.63) is 0 Å². The highest BCUT2D eigenvalue weighted by Gasteiger charge is 2.28. The first-order valence-electron chi connectivity index (χ1n) is 4.07. The van der Waals surface area contributed by atoms with E-state index in [1.807, 2.05) is 0 Å². The predicted molar refractivity (Wildman–Crippen MR) is 41.7 cm³/mol. The Hall–Kier alpha value is -0.0800. The van der Waals surface area contributed by atoms with Crippen LogP contribution in [0.15, 0.2) is 0 Å². The van der Waals surface area contributed by atoms with Gasteiger partial charge in [0.05, 0.1) is 6.10 Å². The fourth-order valence-corrected chi connectivity index (χ4v) is 1.64. The molecule has 0 saturated carbocycles. The molecule has 10 heavy (non-hydrogen) atoms. The van der Waals surface area contributed by atoms with Crippen molar-refractivity contribution >= 4 is 0 Å². The zero-order valence-electron chi connectivity index (χ0n) is 6.84. The summed E-state index contributed by atoms with van der Waals surface area (Å²) in [7, 11) is 0. The monoisotopic (exact) mass is 143 g/mol. The Morgan fingerprint density at radius 3 is 2.70 bits per heavy atom. The first-order valence-corrected chi connectivity index (χ1v) is 4.07. The van der Waals surface area contributed by atoms with E-state index in [4.69, 9.17) is 10.5 Å². The lowest BCUT2D eigenvalue weighted by molar-refractivity contribution is 0.0558. The highest BCUT2D eigenvalue weighted by Crippen LogP contribution is 2.25. The molecule has 1 rings (SSSR count). The first kappa shape index (κ1) is 8.02. The van der Waals surface area contributed by atoms with Crippen LogP contribution in [-0.2, 0) is 4.74 Å². The molecule has 60 valence electrons. The minimum atomic E-state index is 0.421. The van der Waals surface area contributed by atoms with Crippen LogP contribution >= 0.6 is 0 Å². The zero-order valence-corrected chi connectivity index (χ0v) is 6.84. The van der Waals surface area contributed by atoms with Crippen LogP contribution in [0.3, 0.4) is 0 Å². The van der Waals surface area contributed by atoms with Crippen molar-refractivity contribution < 1.29 is 4.74 Å². The standard InChI is InChI=1S/C8H17NO/c1-6(2)8-7(5-9)3-4-10-8/h6-8H,3-5,9H2,1-2H3/t7-,8-/m1/s1. The third-order valence-electron chi connectivity index (χ3n) is 2.22. The van der Waals surface area contributed by atoms with Gasteiger partial charge in [-0.1, -0.05) is 13.8 Å². The zero-order chi connectivity index (χ0) is 7.56. The molecule has 1 heterocycles.